The topological polar surface area (TPSA) is 66.8 Å². The highest BCUT2D eigenvalue weighted by atomic mass is 16.5. The SMILES string of the molecule is CC1(C)OC[C@](C=O)(C(C)(C)C)N1C(=O)O. The lowest BCUT2D eigenvalue weighted by molar-refractivity contribution is -0.124. The molecule has 0 aromatic heterocycles. The van der Waals surface area contributed by atoms with Gasteiger partial charge in [-0.2, -0.15) is 0 Å². The Hall–Kier alpha value is -1.10. The fourth-order valence-electron chi connectivity index (χ4n) is 2.11. The number of hydrogen-bond acceptors (Lipinski definition) is 3. The number of nitrogens with zero attached hydrogens (tertiary/aromatic N) is 1. The van der Waals surface area contributed by atoms with E-state index >= 15 is 0 Å². The maximum absolute atomic E-state index is 11.4. The second-order valence-electron chi connectivity index (χ2n) is 5.65. The van der Waals surface area contributed by atoms with Crippen LogP contribution in [0.25, 0.3) is 0 Å². The van der Waals surface area contributed by atoms with Crippen molar-refractivity contribution in [1.29, 1.82) is 0 Å². The van der Waals surface area contributed by atoms with E-state index in [9.17, 15) is 14.7 Å². The summed E-state index contributed by atoms with van der Waals surface area (Å²) in [7, 11) is 0. The molecule has 1 amide bonds. The monoisotopic (exact) mass is 229 g/mol. The summed E-state index contributed by atoms with van der Waals surface area (Å²) in [6.07, 6.45) is -0.444. The maximum Gasteiger partial charge on any atom is 0.410 e. The van der Waals surface area contributed by atoms with E-state index in [0.29, 0.717) is 6.29 Å². The molecule has 1 aliphatic heterocycles. The largest absolute Gasteiger partial charge is 0.465 e. The van der Waals surface area contributed by atoms with Gasteiger partial charge in [0.15, 0.2) is 0 Å². The number of aldehydes is 1. The summed E-state index contributed by atoms with van der Waals surface area (Å²) < 4.78 is 5.46. The molecule has 0 radical (unpaired) electrons. The van der Waals surface area contributed by atoms with Gasteiger partial charge in [-0.25, -0.2) is 4.79 Å². The van der Waals surface area contributed by atoms with E-state index in [-0.39, 0.29) is 6.61 Å². The second kappa shape index (κ2) is 3.45. The van der Waals surface area contributed by atoms with E-state index in [0.717, 1.165) is 4.90 Å². The predicted molar refractivity (Wildman–Crippen MR) is 58.1 cm³/mol. The van der Waals surface area contributed by atoms with Crippen LogP contribution in [0.1, 0.15) is 34.6 Å². The van der Waals surface area contributed by atoms with Crippen molar-refractivity contribution >= 4 is 12.4 Å². The summed E-state index contributed by atoms with van der Waals surface area (Å²) in [5.74, 6) is 0. The molecule has 1 N–H and O–H groups in total. The van der Waals surface area contributed by atoms with Crippen LogP contribution < -0.4 is 0 Å². The summed E-state index contributed by atoms with van der Waals surface area (Å²) in [4.78, 5) is 23.8. The highest BCUT2D eigenvalue weighted by molar-refractivity contribution is 5.78. The number of rotatable bonds is 1. The highest BCUT2D eigenvalue weighted by Crippen LogP contribution is 2.44. The Morgan fingerprint density at radius 2 is 1.94 bits per heavy atom. The number of amides is 1. The van der Waals surface area contributed by atoms with Gasteiger partial charge in [0.05, 0.1) is 6.61 Å². The van der Waals surface area contributed by atoms with Crippen molar-refractivity contribution < 1.29 is 19.4 Å². The first-order chi connectivity index (χ1) is 7.08. The van der Waals surface area contributed by atoms with Crippen molar-refractivity contribution in [2.75, 3.05) is 6.61 Å². The van der Waals surface area contributed by atoms with Crippen LogP contribution in [0.3, 0.4) is 0 Å². The van der Waals surface area contributed by atoms with E-state index in [1.54, 1.807) is 13.8 Å². The van der Waals surface area contributed by atoms with Crippen LogP contribution in [0.5, 0.6) is 0 Å². The second-order valence-corrected chi connectivity index (χ2v) is 5.65. The first-order valence-corrected chi connectivity index (χ1v) is 5.22. The highest BCUT2D eigenvalue weighted by Gasteiger charge is 2.60. The average Bonchev–Trinajstić information content (AvgIpc) is 2.36. The summed E-state index contributed by atoms with van der Waals surface area (Å²) in [5, 5.41) is 9.27. The lowest BCUT2D eigenvalue weighted by Gasteiger charge is -2.44. The molecule has 0 saturated carbocycles. The summed E-state index contributed by atoms with van der Waals surface area (Å²) in [6, 6.07) is 0. The smallest absolute Gasteiger partial charge is 0.410 e. The Kier molecular flexibility index (Phi) is 2.79. The Morgan fingerprint density at radius 1 is 1.44 bits per heavy atom. The summed E-state index contributed by atoms with van der Waals surface area (Å²) in [6.45, 7) is 8.90. The van der Waals surface area contributed by atoms with E-state index in [1.807, 2.05) is 20.8 Å². The van der Waals surface area contributed by atoms with Crippen LogP contribution >= 0.6 is 0 Å². The van der Waals surface area contributed by atoms with Gasteiger partial charge < -0.3 is 14.6 Å². The molecule has 1 saturated heterocycles. The van der Waals surface area contributed by atoms with Gasteiger partial charge >= 0.3 is 6.09 Å². The molecule has 5 nitrogen and oxygen atoms in total. The molecular formula is C11H19NO4. The summed E-state index contributed by atoms with van der Waals surface area (Å²) >= 11 is 0. The molecule has 1 heterocycles. The molecule has 0 unspecified atom stereocenters. The van der Waals surface area contributed by atoms with Gasteiger partial charge in [0.1, 0.15) is 17.6 Å². The Labute approximate surface area is 95.4 Å². The van der Waals surface area contributed by atoms with E-state index in [4.69, 9.17) is 4.74 Å². The van der Waals surface area contributed by atoms with Gasteiger partial charge in [0, 0.05) is 0 Å². The molecule has 1 fully saturated rings. The maximum atomic E-state index is 11.4. The van der Waals surface area contributed by atoms with Gasteiger partial charge in [-0.1, -0.05) is 20.8 Å². The lowest BCUT2D eigenvalue weighted by atomic mass is 9.74. The number of hydrogen-bond donors (Lipinski definition) is 1. The van der Waals surface area contributed by atoms with Crippen molar-refractivity contribution in [3.8, 4) is 0 Å². The molecular weight excluding hydrogens is 210 g/mol. The van der Waals surface area contributed by atoms with Crippen LogP contribution in [0, 0.1) is 5.41 Å². The third-order valence-electron chi connectivity index (χ3n) is 3.27. The molecule has 0 aliphatic carbocycles. The molecule has 1 atom stereocenters. The van der Waals surface area contributed by atoms with Gasteiger partial charge in [0.2, 0.25) is 0 Å². The molecule has 0 bridgehead atoms. The Bertz CT molecular complexity index is 315. The zero-order valence-corrected chi connectivity index (χ0v) is 10.4. The zero-order valence-electron chi connectivity index (χ0n) is 10.4. The molecule has 0 aromatic rings. The molecule has 1 aliphatic rings. The molecule has 0 aromatic carbocycles. The number of carboxylic acid groups (broad SMARTS) is 1. The van der Waals surface area contributed by atoms with Crippen LogP contribution in [0.15, 0.2) is 0 Å². The summed E-state index contributed by atoms with van der Waals surface area (Å²) in [5.41, 5.74) is -2.61. The van der Waals surface area contributed by atoms with Crippen molar-refractivity contribution in [1.82, 2.24) is 4.90 Å². The van der Waals surface area contributed by atoms with E-state index in [2.05, 4.69) is 0 Å². The van der Waals surface area contributed by atoms with Crippen LogP contribution in [-0.4, -0.2) is 40.3 Å². The molecule has 5 heteroatoms. The van der Waals surface area contributed by atoms with Gasteiger partial charge in [-0.3, -0.25) is 4.90 Å². The molecule has 16 heavy (non-hydrogen) atoms. The van der Waals surface area contributed by atoms with Crippen molar-refractivity contribution in [2.45, 2.75) is 45.9 Å². The van der Waals surface area contributed by atoms with Crippen molar-refractivity contribution in [3.05, 3.63) is 0 Å². The fraction of sp³-hybridized carbons (Fsp3) is 0.818. The van der Waals surface area contributed by atoms with Crippen LogP contribution in [0.4, 0.5) is 4.79 Å². The third-order valence-corrected chi connectivity index (χ3v) is 3.27. The van der Waals surface area contributed by atoms with Gasteiger partial charge in [-0.15, -0.1) is 0 Å². The molecule has 92 valence electrons. The van der Waals surface area contributed by atoms with Crippen molar-refractivity contribution in [3.63, 3.8) is 0 Å². The standard InChI is InChI=1S/C11H19NO4/c1-9(2,3)11(6-13)7-16-10(4,5)12(11)8(14)15/h6H,7H2,1-5H3,(H,14,15)/t11-/m1/s1. The first kappa shape index (κ1) is 13.0. The minimum atomic E-state index is -1.13. The third kappa shape index (κ3) is 1.59. The van der Waals surface area contributed by atoms with Crippen LogP contribution in [-0.2, 0) is 9.53 Å². The van der Waals surface area contributed by atoms with Crippen LogP contribution in [0.2, 0.25) is 0 Å². The Morgan fingerprint density at radius 3 is 2.19 bits per heavy atom. The number of carbonyl (C=O) groups excluding carboxylic acids is 1. The number of ether oxygens (including phenoxy) is 1. The van der Waals surface area contributed by atoms with E-state index in [1.165, 1.54) is 0 Å². The minimum Gasteiger partial charge on any atom is -0.465 e. The Balaban J connectivity index is 3.32. The molecule has 0 spiro atoms. The van der Waals surface area contributed by atoms with E-state index < -0.39 is 22.8 Å². The minimum absolute atomic E-state index is 0.0965. The predicted octanol–water partition coefficient (Wildman–Crippen LogP) is 1.72. The van der Waals surface area contributed by atoms with Gasteiger partial charge in [0.25, 0.3) is 0 Å². The number of carbonyl (C=O) groups is 2. The van der Waals surface area contributed by atoms with Gasteiger partial charge in [-0.05, 0) is 19.3 Å². The fourth-order valence-corrected chi connectivity index (χ4v) is 2.11. The normalized spacial score (nSPS) is 29.2. The average molecular weight is 229 g/mol. The lowest BCUT2D eigenvalue weighted by Crippen LogP contribution is -2.62. The van der Waals surface area contributed by atoms with Crippen molar-refractivity contribution in [2.24, 2.45) is 5.41 Å². The molecule has 1 rings (SSSR count). The zero-order chi connectivity index (χ0) is 12.8. The quantitative estimate of drug-likeness (QED) is 0.695. The first-order valence-electron chi connectivity index (χ1n) is 5.22.